The largest absolute Gasteiger partial charge is 0.507 e. The Labute approximate surface area is 148 Å². The van der Waals surface area contributed by atoms with Crippen LogP contribution in [0.15, 0.2) is 24.3 Å². The molecule has 26 heavy (non-hydrogen) atoms. The van der Waals surface area contributed by atoms with Crippen LogP contribution in [0.3, 0.4) is 0 Å². The van der Waals surface area contributed by atoms with Crippen LogP contribution >= 0.6 is 0 Å². The van der Waals surface area contributed by atoms with Gasteiger partial charge in [-0.25, -0.2) is 0 Å². The number of aliphatic hydroxyl groups is 1. The van der Waals surface area contributed by atoms with Gasteiger partial charge in [-0.2, -0.15) is 13.2 Å². The summed E-state index contributed by atoms with van der Waals surface area (Å²) in [4.78, 5) is 0. The van der Waals surface area contributed by atoms with E-state index in [9.17, 15) is 23.4 Å². The van der Waals surface area contributed by atoms with Gasteiger partial charge in [0.1, 0.15) is 11.6 Å². The number of phenols is 1. The Hall–Kier alpha value is -2.39. The summed E-state index contributed by atoms with van der Waals surface area (Å²) < 4.78 is 38.1. The summed E-state index contributed by atoms with van der Waals surface area (Å²) in [7, 11) is 0. The zero-order chi connectivity index (χ0) is 18.9. The Bertz CT molecular complexity index is 798. The van der Waals surface area contributed by atoms with Crippen LogP contribution in [0.4, 0.5) is 19.0 Å². The molecule has 1 fully saturated rings. The van der Waals surface area contributed by atoms with Crippen molar-refractivity contribution < 1.29 is 23.4 Å². The van der Waals surface area contributed by atoms with Gasteiger partial charge in [-0.05, 0) is 49.7 Å². The quantitative estimate of drug-likeness (QED) is 0.665. The highest BCUT2D eigenvalue weighted by atomic mass is 19.4. The molecule has 2 aromatic rings. The standard InChI is InChI=1S/C17H19F3N4O2/c1-9-6-15(22-12-8-21-5-4-13(12)25)23-24-16(9)11-3-2-10(7-14(11)26)17(18,19)20/h2-3,6-7,12-13,21,25-26H,4-5,8H2,1H3,(H,22,23)/t12-,13-/m0/s1. The highest BCUT2D eigenvalue weighted by Gasteiger charge is 2.31. The van der Waals surface area contributed by atoms with Gasteiger partial charge in [-0.1, -0.05) is 0 Å². The van der Waals surface area contributed by atoms with E-state index >= 15 is 0 Å². The molecule has 0 radical (unpaired) electrons. The summed E-state index contributed by atoms with van der Waals surface area (Å²) in [5.41, 5.74) is 0.176. The van der Waals surface area contributed by atoms with Crippen molar-refractivity contribution in [3.05, 3.63) is 35.4 Å². The second-order valence-electron chi connectivity index (χ2n) is 6.30. The molecule has 0 spiro atoms. The van der Waals surface area contributed by atoms with Gasteiger partial charge in [0.25, 0.3) is 0 Å². The van der Waals surface area contributed by atoms with Gasteiger partial charge in [0.2, 0.25) is 0 Å². The number of piperidine rings is 1. The van der Waals surface area contributed by atoms with E-state index in [-0.39, 0.29) is 11.6 Å². The van der Waals surface area contributed by atoms with Gasteiger partial charge in [-0.3, -0.25) is 0 Å². The Balaban J connectivity index is 1.84. The Morgan fingerprint density at radius 3 is 2.62 bits per heavy atom. The maximum Gasteiger partial charge on any atom is 0.416 e. The highest BCUT2D eigenvalue weighted by Crippen LogP contribution is 2.36. The number of aromatic hydroxyl groups is 1. The molecule has 1 aliphatic heterocycles. The summed E-state index contributed by atoms with van der Waals surface area (Å²) in [6.45, 7) is 3.06. The van der Waals surface area contributed by atoms with Crippen molar-refractivity contribution in [1.82, 2.24) is 15.5 Å². The number of alkyl halides is 3. The zero-order valence-electron chi connectivity index (χ0n) is 14.0. The van der Waals surface area contributed by atoms with E-state index in [1.54, 1.807) is 13.0 Å². The van der Waals surface area contributed by atoms with Crippen molar-refractivity contribution in [3.63, 3.8) is 0 Å². The topological polar surface area (TPSA) is 90.3 Å². The lowest BCUT2D eigenvalue weighted by Crippen LogP contribution is -2.48. The van der Waals surface area contributed by atoms with E-state index in [2.05, 4.69) is 20.8 Å². The minimum atomic E-state index is -4.53. The van der Waals surface area contributed by atoms with Crippen LogP contribution in [0.2, 0.25) is 0 Å². The monoisotopic (exact) mass is 368 g/mol. The van der Waals surface area contributed by atoms with Crippen LogP contribution in [-0.4, -0.2) is 45.6 Å². The van der Waals surface area contributed by atoms with Crippen molar-refractivity contribution in [2.45, 2.75) is 31.7 Å². The van der Waals surface area contributed by atoms with Crippen molar-refractivity contribution in [2.24, 2.45) is 0 Å². The Kier molecular flexibility index (Phi) is 5.01. The van der Waals surface area contributed by atoms with Crippen LogP contribution < -0.4 is 10.6 Å². The lowest BCUT2D eigenvalue weighted by molar-refractivity contribution is -0.137. The molecule has 3 rings (SSSR count). The van der Waals surface area contributed by atoms with Crippen molar-refractivity contribution in [2.75, 3.05) is 18.4 Å². The number of aliphatic hydroxyl groups excluding tert-OH is 1. The lowest BCUT2D eigenvalue weighted by Gasteiger charge is -2.29. The normalized spacial score (nSPS) is 20.8. The van der Waals surface area contributed by atoms with E-state index in [4.69, 9.17) is 0 Å². The molecule has 2 atom stereocenters. The number of hydrogen-bond acceptors (Lipinski definition) is 6. The summed E-state index contributed by atoms with van der Waals surface area (Å²) >= 11 is 0. The summed E-state index contributed by atoms with van der Waals surface area (Å²) in [6.07, 6.45) is -4.40. The third-order valence-electron chi connectivity index (χ3n) is 4.34. The molecule has 0 aliphatic carbocycles. The number of nitrogens with one attached hydrogen (secondary N) is 2. The first-order valence-corrected chi connectivity index (χ1v) is 8.16. The number of phenolic OH excluding ortho intramolecular Hbond substituents is 1. The van der Waals surface area contributed by atoms with Crippen LogP contribution in [0.1, 0.15) is 17.5 Å². The number of benzene rings is 1. The molecule has 0 amide bonds. The van der Waals surface area contributed by atoms with E-state index in [1.807, 2.05) is 0 Å². The lowest BCUT2D eigenvalue weighted by atomic mass is 10.0. The first kappa shape index (κ1) is 18.4. The maximum atomic E-state index is 12.7. The smallest absolute Gasteiger partial charge is 0.416 e. The molecule has 4 N–H and O–H groups in total. The van der Waals surface area contributed by atoms with Crippen molar-refractivity contribution in [1.29, 1.82) is 0 Å². The molecule has 0 unspecified atom stereocenters. The second kappa shape index (κ2) is 7.08. The molecule has 2 heterocycles. The number of aryl methyl sites for hydroxylation is 1. The molecule has 1 aliphatic rings. The van der Waals surface area contributed by atoms with E-state index < -0.39 is 23.6 Å². The first-order chi connectivity index (χ1) is 12.3. The third kappa shape index (κ3) is 3.88. The minimum Gasteiger partial charge on any atom is -0.507 e. The molecule has 1 aromatic heterocycles. The Morgan fingerprint density at radius 1 is 1.23 bits per heavy atom. The number of nitrogens with zero attached hydrogens (tertiary/aromatic N) is 2. The van der Waals surface area contributed by atoms with Gasteiger partial charge in [0.15, 0.2) is 0 Å². The van der Waals surface area contributed by atoms with Gasteiger partial charge >= 0.3 is 6.18 Å². The summed E-state index contributed by atoms with van der Waals surface area (Å²) in [5.74, 6) is -0.0600. The van der Waals surface area contributed by atoms with Gasteiger partial charge in [0.05, 0.1) is 23.4 Å². The summed E-state index contributed by atoms with van der Waals surface area (Å²) in [5, 5.41) is 34.3. The van der Waals surface area contributed by atoms with E-state index in [0.717, 1.165) is 12.6 Å². The summed E-state index contributed by atoms with van der Waals surface area (Å²) in [6, 6.07) is 4.22. The number of hydrogen-bond donors (Lipinski definition) is 4. The fraction of sp³-hybridized carbons (Fsp3) is 0.412. The van der Waals surface area contributed by atoms with Gasteiger partial charge in [0, 0.05) is 12.1 Å². The first-order valence-electron chi connectivity index (χ1n) is 8.16. The molecule has 0 bridgehead atoms. The third-order valence-corrected chi connectivity index (χ3v) is 4.34. The molecular weight excluding hydrogens is 349 g/mol. The average Bonchev–Trinajstić information content (AvgIpc) is 2.57. The predicted octanol–water partition coefficient (Wildman–Crippen LogP) is 2.31. The van der Waals surface area contributed by atoms with E-state index in [1.165, 1.54) is 6.07 Å². The van der Waals surface area contributed by atoms with Crippen LogP contribution in [0, 0.1) is 6.92 Å². The van der Waals surface area contributed by atoms with E-state index in [0.29, 0.717) is 36.1 Å². The molecule has 1 aromatic carbocycles. The van der Waals surface area contributed by atoms with Crippen LogP contribution in [0.5, 0.6) is 5.75 Å². The molecule has 1 saturated heterocycles. The number of aromatic nitrogens is 2. The molecule has 9 heteroatoms. The number of halogens is 3. The fourth-order valence-electron chi connectivity index (χ4n) is 2.91. The van der Waals surface area contributed by atoms with Gasteiger partial charge in [-0.15, -0.1) is 10.2 Å². The highest BCUT2D eigenvalue weighted by molar-refractivity contribution is 5.70. The molecule has 0 saturated carbocycles. The molecule has 6 nitrogen and oxygen atoms in total. The van der Waals surface area contributed by atoms with Crippen LogP contribution in [0.25, 0.3) is 11.3 Å². The molecular formula is C17H19F3N4O2. The second-order valence-corrected chi connectivity index (χ2v) is 6.30. The van der Waals surface area contributed by atoms with Crippen molar-refractivity contribution >= 4 is 5.82 Å². The number of anilines is 1. The SMILES string of the molecule is Cc1cc(N[C@H]2CNCC[C@@H]2O)nnc1-c1ccc(C(F)(F)F)cc1O. The van der Waals surface area contributed by atoms with Crippen LogP contribution in [-0.2, 0) is 6.18 Å². The Morgan fingerprint density at radius 2 is 2.00 bits per heavy atom. The maximum absolute atomic E-state index is 12.7. The molecule has 140 valence electrons. The zero-order valence-corrected chi connectivity index (χ0v) is 14.0. The average molecular weight is 368 g/mol. The van der Waals surface area contributed by atoms with Crippen molar-refractivity contribution in [3.8, 4) is 17.0 Å². The minimum absolute atomic E-state index is 0.175. The predicted molar refractivity (Wildman–Crippen MR) is 89.8 cm³/mol. The van der Waals surface area contributed by atoms with Gasteiger partial charge < -0.3 is 20.8 Å². The fourth-order valence-corrected chi connectivity index (χ4v) is 2.91. The number of rotatable bonds is 3.